The summed E-state index contributed by atoms with van der Waals surface area (Å²) < 4.78 is 9.29. The molecule has 1 aliphatic heterocycles. The van der Waals surface area contributed by atoms with E-state index in [4.69, 9.17) is 4.74 Å². The summed E-state index contributed by atoms with van der Waals surface area (Å²) >= 11 is 0. The maximum atomic E-state index is 12.7. The first kappa shape index (κ1) is 15.6. The maximum absolute atomic E-state index is 12.7. The highest BCUT2D eigenvalue weighted by molar-refractivity contribution is 5.97. The van der Waals surface area contributed by atoms with E-state index in [0.717, 1.165) is 17.1 Å². The van der Waals surface area contributed by atoms with Crippen LogP contribution in [0.25, 0.3) is 5.78 Å². The molecule has 0 aromatic carbocycles. The van der Waals surface area contributed by atoms with Gasteiger partial charge in [-0.05, 0) is 20.8 Å². The monoisotopic (exact) mass is 341 g/mol. The van der Waals surface area contributed by atoms with Gasteiger partial charge in [-0.15, -0.1) is 0 Å². The lowest BCUT2D eigenvalue weighted by Gasteiger charge is -2.38. The Morgan fingerprint density at radius 3 is 2.72 bits per heavy atom. The quantitative estimate of drug-likeness (QED) is 0.696. The summed E-state index contributed by atoms with van der Waals surface area (Å²) in [7, 11) is 1.84. The van der Waals surface area contributed by atoms with Crippen LogP contribution in [0.4, 0.5) is 0 Å². The van der Waals surface area contributed by atoms with E-state index in [9.17, 15) is 4.79 Å². The second-order valence-corrected chi connectivity index (χ2v) is 6.33. The molecule has 0 aliphatic carbocycles. The number of hydrogen-bond donors (Lipinski definition) is 0. The average Bonchev–Trinajstić information content (AvgIpc) is 3.06. The van der Waals surface area contributed by atoms with Crippen molar-refractivity contribution in [3.05, 3.63) is 35.0 Å². The number of likely N-dealkylation sites (tertiary alicyclic amines) is 1. The molecule has 1 amide bonds. The van der Waals surface area contributed by atoms with Gasteiger partial charge < -0.3 is 9.64 Å². The van der Waals surface area contributed by atoms with E-state index in [2.05, 4.69) is 20.2 Å². The minimum absolute atomic E-state index is 0.000221. The number of hydrogen-bond acceptors (Lipinski definition) is 6. The fourth-order valence-corrected chi connectivity index (χ4v) is 3.07. The van der Waals surface area contributed by atoms with Crippen LogP contribution in [-0.2, 0) is 7.05 Å². The number of aryl methyl sites for hydroxylation is 3. The molecule has 0 radical (unpaired) electrons. The molecule has 3 aromatic heterocycles. The first-order valence-corrected chi connectivity index (χ1v) is 8.07. The van der Waals surface area contributed by atoms with Gasteiger partial charge in [0.25, 0.3) is 11.7 Å². The zero-order valence-electron chi connectivity index (χ0n) is 14.6. The van der Waals surface area contributed by atoms with Gasteiger partial charge in [0, 0.05) is 24.5 Å². The topological polar surface area (TPSA) is 90.4 Å². The Labute approximate surface area is 144 Å². The van der Waals surface area contributed by atoms with E-state index in [1.54, 1.807) is 14.1 Å². The highest BCUT2D eigenvalue weighted by atomic mass is 16.5. The second-order valence-electron chi connectivity index (χ2n) is 6.33. The SMILES string of the molecule is Cc1cc(OC2CN(C(=O)c3c(C)nn(C)c3C)C2)n2ncnc2n1. The predicted molar refractivity (Wildman–Crippen MR) is 88.5 cm³/mol. The predicted octanol–water partition coefficient (Wildman–Crippen LogP) is 0.686. The van der Waals surface area contributed by atoms with E-state index in [1.807, 2.05) is 33.9 Å². The maximum Gasteiger partial charge on any atom is 0.257 e. The van der Waals surface area contributed by atoms with Gasteiger partial charge in [0.1, 0.15) is 12.4 Å². The lowest BCUT2D eigenvalue weighted by Crippen LogP contribution is -2.56. The molecule has 25 heavy (non-hydrogen) atoms. The molecule has 3 aromatic rings. The molecule has 0 bridgehead atoms. The Kier molecular flexibility index (Phi) is 3.45. The van der Waals surface area contributed by atoms with Crippen LogP contribution in [0.5, 0.6) is 5.88 Å². The average molecular weight is 341 g/mol. The number of rotatable bonds is 3. The van der Waals surface area contributed by atoms with E-state index in [1.165, 1.54) is 6.33 Å². The molecule has 0 spiro atoms. The van der Waals surface area contributed by atoms with E-state index in [-0.39, 0.29) is 12.0 Å². The molecule has 1 saturated heterocycles. The van der Waals surface area contributed by atoms with Gasteiger partial charge in [-0.1, -0.05) is 0 Å². The fraction of sp³-hybridized carbons (Fsp3) is 0.438. The van der Waals surface area contributed by atoms with Crippen molar-refractivity contribution in [2.75, 3.05) is 13.1 Å². The number of ether oxygens (including phenoxy) is 1. The Morgan fingerprint density at radius 1 is 1.28 bits per heavy atom. The number of amides is 1. The number of nitrogens with zero attached hydrogens (tertiary/aromatic N) is 7. The molecule has 0 N–H and O–H groups in total. The highest BCUT2D eigenvalue weighted by Crippen LogP contribution is 2.22. The summed E-state index contributed by atoms with van der Waals surface area (Å²) in [6.07, 6.45) is 1.37. The van der Waals surface area contributed by atoms with Gasteiger partial charge >= 0.3 is 0 Å². The molecule has 0 atom stereocenters. The zero-order chi connectivity index (χ0) is 17.7. The molecule has 0 saturated carbocycles. The third-order valence-electron chi connectivity index (χ3n) is 4.49. The van der Waals surface area contributed by atoms with Crippen LogP contribution in [0.15, 0.2) is 12.4 Å². The van der Waals surface area contributed by atoms with E-state index >= 15 is 0 Å². The molecule has 1 fully saturated rings. The van der Waals surface area contributed by atoms with Crippen LogP contribution in [0, 0.1) is 20.8 Å². The van der Waals surface area contributed by atoms with Crippen LogP contribution in [0.3, 0.4) is 0 Å². The van der Waals surface area contributed by atoms with Crippen molar-refractivity contribution in [1.29, 1.82) is 0 Å². The van der Waals surface area contributed by atoms with Crippen molar-refractivity contribution in [2.45, 2.75) is 26.9 Å². The smallest absolute Gasteiger partial charge is 0.257 e. The molecular weight excluding hydrogens is 322 g/mol. The third-order valence-corrected chi connectivity index (χ3v) is 4.49. The molecule has 0 unspecified atom stereocenters. The van der Waals surface area contributed by atoms with Crippen LogP contribution < -0.4 is 4.74 Å². The van der Waals surface area contributed by atoms with Gasteiger partial charge in [-0.25, -0.2) is 4.98 Å². The van der Waals surface area contributed by atoms with Gasteiger partial charge in [-0.3, -0.25) is 9.48 Å². The largest absolute Gasteiger partial charge is 0.470 e. The minimum Gasteiger partial charge on any atom is -0.470 e. The first-order valence-electron chi connectivity index (χ1n) is 8.07. The highest BCUT2D eigenvalue weighted by Gasteiger charge is 2.35. The Bertz CT molecular complexity index is 968. The van der Waals surface area contributed by atoms with Crippen molar-refractivity contribution < 1.29 is 9.53 Å². The summed E-state index contributed by atoms with van der Waals surface area (Å²) in [5, 5.41) is 8.43. The standard InChI is InChI=1S/C16H19N7O2/c1-9-5-13(23-16(19-9)17-8-18-23)25-12-6-22(7-12)15(24)14-10(2)20-21(4)11(14)3/h5,8,12H,6-7H2,1-4H3. The van der Waals surface area contributed by atoms with Crippen molar-refractivity contribution in [1.82, 2.24) is 34.3 Å². The van der Waals surface area contributed by atoms with E-state index < -0.39 is 0 Å². The Balaban J connectivity index is 1.47. The number of carbonyl (C=O) groups is 1. The Morgan fingerprint density at radius 2 is 2.04 bits per heavy atom. The van der Waals surface area contributed by atoms with E-state index in [0.29, 0.717) is 30.3 Å². The second kappa shape index (κ2) is 5.54. The van der Waals surface area contributed by atoms with Crippen LogP contribution in [0.1, 0.15) is 27.4 Å². The molecule has 1 aliphatic rings. The minimum atomic E-state index is -0.0737. The normalized spacial score (nSPS) is 14.8. The Hall–Kier alpha value is -2.97. The number of aromatic nitrogens is 6. The molecule has 4 heterocycles. The number of fused-ring (bicyclic) bond motifs is 1. The van der Waals surface area contributed by atoms with Gasteiger partial charge in [0.15, 0.2) is 0 Å². The molecule has 130 valence electrons. The van der Waals surface area contributed by atoms with Gasteiger partial charge in [-0.2, -0.15) is 19.7 Å². The van der Waals surface area contributed by atoms with Crippen LogP contribution in [0.2, 0.25) is 0 Å². The third kappa shape index (κ3) is 2.51. The summed E-state index contributed by atoms with van der Waals surface area (Å²) in [4.78, 5) is 22.8. The van der Waals surface area contributed by atoms with Gasteiger partial charge in [0.05, 0.1) is 24.3 Å². The van der Waals surface area contributed by atoms with Crippen LogP contribution >= 0.6 is 0 Å². The van der Waals surface area contributed by atoms with Crippen molar-refractivity contribution in [3.8, 4) is 5.88 Å². The summed E-state index contributed by atoms with van der Waals surface area (Å²) in [6, 6.07) is 1.82. The van der Waals surface area contributed by atoms with Crippen molar-refractivity contribution >= 4 is 11.7 Å². The summed E-state index contributed by atoms with van der Waals surface area (Å²) in [5.74, 6) is 1.09. The molecular formula is C16H19N7O2. The lowest BCUT2D eigenvalue weighted by atomic mass is 10.1. The number of carbonyl (C=O) groups excluding carboxylic acids is 1. The summed E-state index contributed by atoms with van der Waals surface area (Å²) in [5.41, 5.74) is 3.12. The first-order chi connectivity index (χ1) is 11.9. The van der Waals surface area contributed by atoms with Crippen molar-refractivity contribution in [2.24, 2.45) is 7.05 Å². The van der Waals surface area contributed by atoms with Gasteiger partial charge in [0.2, 0.25) is 5.88 Å². The molecule has 4 rings (SSSR count). The zero-order valence-corrected chi connectivity index (χ0v) is 14.6. The van der Waals surface area contributed by atoms with Crippen LogP contribution in [-0.4, -0.2) is 59.4 Å². The lowest BCUT2D eigenvalue weighted by molar-refractivity contribution is 0.0149. The molecule has 9 heteroatoms. The summed E-state index contributed by atoms with van der Waals surface area (Å²) in [6.45, 7) is 6.71. The van der Waals surface area contributed by atoms with Crippen molar-refractivity contribution in [3.63, 3.8) is 0 Å². The molecule has 9 nitrogen and oxygen atoms in total. The fourth-order valence-electron chi connectivity index (χ4n) is 3.07.